The monoisotopic (exact) mass is 328 g/mol. The highest BCUT2D eigenvalue weighted by Gasteiger charge is 2.53. The molecule has 0 saturated heterocycles. The van der Waals surface area contributed by atoms with E-state index in [-0.39, 0.29) is 18.1 Å². The Morgan fingerprint density at radius 2 is 1.26 bits per heavy atom. The minimum atomic E-state index is -0.316. The Hall–Kier alpha value is -0.200. The topological polar surface area (TPSA) is 68.2 Å². The minimum absolute atomic E-state index is 0.0469. The molecule has 0 amide bonds. The summed E-state index contributed by atoms with van der Waals surface area (Å²) in [6.07, 6.45) is 7.52. The molecule has 1 atom stereocenters. The van der Waals surface area contributed by atoms with Crippen molar-refractivity contribution in [3.63, 3.8) is 0 Å². The number of aliphatic hydroxyl groups is 2. The maximum atomic E-state index is 10.7. The van der Waals surface area contributed by atoms with Crippen molar-refractivity contribution in [2.24, 2.45) is 23.2 Å². The highest BCUT2D eigenvalue weighted by Crippen LogP contribution is 2.61. The van der Waals surface area contributed by atoms with Crippen molar-refractivity contribution in [3.05, 3.63) is 0 Å². The Kier molecular flexibility index (Phi) is 6.32. The first-order valence-electron chi connectivity index (χ1n) is 9.24. The van der Waals surface area contributed by atoms with Gasteiger partial charge in [0, 0.05) is 0 Å². The van der Waals surface area contributed by atoms with Crippen LogP contribution >= 0.6 is 0 Å². The Morgan fingerprint density at radius 3 is 1.78 bits per heavy atom. The van der Waals surface area contributed by atoms with Gasteiger partial charge in [-0.05, 0) is 61.7 Å². The molecule has 0 heterocycles. The van der Waals surface area contributed by atoms with Gasteiger partial charge in [-0.25, -0.2) is 0 Å². The molecule has 4 aliphatic rings. The van der Waals surface area contributed by atoms with E-state index in [0.29, 0.717) is 39.6 Å². The summed E-state index contributed by atoms with van der Waals surface area (Å²) in [7, 11) is 0. The fourth-order valence-electron chi connectivity index (χ4n) is 5.46. The molecule has 5 heteroatoms. The van der Waals surface area contributed by atoms with Gasteiger partial charge >= 0.3 is 0 Å². The Morgan fingerprint density at radius 1 is 0.783 bits per heavy atom. The predicted octanol–water partition coefficient (Wildman–Crippen LogP) is 1.61. The average Bonchev–Trinajstić information content (AvgIpc) is 2.52. The van der Waals surface area contributed by atoms with Crippen LogP contribution in [0.5, 0.6) is 0 Å². The van der Waals surface area contributed by atoms with Gasteiger partial charge in [-0.15, -0.1) is 0 Å². The molecule has 4 fully saturated rings. The number of hydrogen-bond donors (Lipinski definition) is 2. The normalized spacial score (nSPS) is 36.5. The van der Waals surface area contributed by atoms with Gasteiger partial charge in [0.05, 0.1) is 52.4 Å². The molecule has 0 radical (unpaired) electrons. The SMILES string of the molecule is OCCOCCOCCOCC(O)C12CC3CC(CC(C3)C1)C2. The molecule has 4 aliphatic carbocycles. The molecular formula is C18H32O5. The zero-order chi connectivity index (χ0) is 16.1. The van der Waals surface area contributed by atoms with Crippen molar-refractivity contribution in [3.8, 4) is 0 Å². The fraction of sp³-hybridized carbons (Fsp3) is 1.00. The van der Waals surface area contributed by atoms with Crippen molar-refractivity contribution in [1.29, 1.82) is 0 Å². The Balaban J connectivity index is 1.29. The smallest absolute Gasteiger partial charge is 0.0830 e. The van der Waals surface area contributed by atoms with Crippen LogP contribution in [-0.2, 0) is 14.2 Å². The van der Waals surface area contributed by atoms with Gasteiger partial charge in [0.25, 0.3) is 0 Å². The summed E-state index contributed by atoms with van der Waals surface area (Å²) in [5.41, 5.74) is 0.147. The van der Waals surface area contributed by atoms with Crippen LogP contribution < -0.4 is 0 Å². The summed E-state index contributed by atoms with van der Waals surface area (Å²) in [4.78, 5) is 0. The van der Waals surface area contributed by atoms with Crippen LogP contribution in [0.1, 0.15) is 38.5 Å². The van der Waals surface area contributed by atoms with Crippen LogP contribution in [0.2, 0.25) is 0 Å². The summed E-state index contributed by atoms with van der Waals surface area (Å²) < 4.78 is 16.2. The highest BCUT2D eigenvalue weighted by atomic mass is 16.5. The number of hydrogen-bond acceptors (Lipinski definition) is 5. The average molecular weight is 328 g/mol. The first kappa shape index (κ1) is 17.6. The van der Waals surface area contributed by atoms with Gasteiger partial charge in [0.2, 0.25) is 0 Å². The molecule has 1 unspecified atom stereocenters. The van der Waals surface area contributed by atoms with Gasteiger partial charge in [0.15, 0.2) is 0 Å². The van der Waals surface area contributed by atoms with E-state index in [9.17, 15) is 5.11 Å². The van der Waals surface area contributed by atoms with Crippen LogP contribution in [0.3, 0.4) is 0 Å². The highest BCUT2D eigenvalue weighted by molar-refractivity contribution is 5.04. The van der Waals surface area contributed by atoms with Gasteiger partial charge in [-0.3, -0.25) is 0 Å². The maximum absolute atomic E-state index is 10.7. The molecule has 134 valence electrons. The molecule has 0 aromatic heterocycles. The standard InChI is InChI=1S/C18H32O5/c19-1-2-21-3-4-22-5-6-23-13-17(20)18-10-14-7-15(11-18)9-16(8-14)12-18/h14-17,19-20H,1-13H2. The van der Waals surface area contributed by atoms with Gasteiger partial charge < -0.3 is 24.4 Å². The van der Waals surface area contributed by atoms with Gasteiger partial charge in [0.1, 0.15) is 0 Å². The molecule has 23 heavy (non-hydrogen) atoms. The van der Waals surface area contributed by atoms with E-state index in [1.54, 1.807) is 0 Å². The Bertz CT molecular complexity index is 324. The lowest BCUT2D eigenvalue weighted by Gasteiger charge is -2.58. The zero-order valence-electron chi connectivity index (χ0n) is 14.1. The van der Waals surface area contributed by atoms with Crippen molar-refractivity contribution >= 4 is 0 Å². The fourth-order valence-corrected chi connectivity index (χ4v) is 5.46. The summed E-state index contributed by atoms with van der Waals surface area (Å²) in [5.74, 6) is 2.58. The molecule has 4 saturated carbocycles. The molecule has 5 nitrogen and oxygen atoms in total. The van der Waals surface area contributed by atoms with Crippen molar-refractivity contribution in [2.75, 3.05) is 46.2 Å². The van der Waals surface area contributed by atoms with Gasteiger partial charge in [-0.1, -0.05) is 0 Å². The van der Waals surface area contributed by atoms with Crippen molar-refractivity contribution in [2.45, 2.75) is 44.6 Å². The van der Waals surface area contributed by atoms with Gasteiger partial charge in [-0.2, -0.15) is 0 Å². The van der Waals surface area contributed by atoms with E-state index in [4.69, 9.17) is 19.3 Å². The molecule has 0 aliphatic heterocycles. The van der Waals surface area contributed by atoms with Crippen LogP contribution in [0.25, 0.3) is 0 Å². The third-order valence-electron chi connectivity index (χ3n) is 6.05. The van der Waals surface area contributed by atoms with Crippen molar-refractivity contribution in [1.82, 2.24) is 0 Å². The lowest BCUT2D eigenvalue weighted by molar-refractivity contribution is -0.141. The lowest BCUT2D eigenvalue weighted by atomic mass is 9.48. The molecular weight excluding hydrogens is 296 g/mol. The van der Waals surface area contributed by atoms with Crippen LogP contribution in [0.4, 0.5) is 0 Å². The first-order valence-corrected chi connectivity index (χ1v) is 9.24. The maximum Gasteiger partial charge on any atom is 0.0830 e. The first-order chi connectivity index (χ1) is 11.2. The summed E-state index contributed by atoms with van der Waals surface area (Å²) in [6.45, 7) is 2.90. The van der Waals surface area contributed by atoms with E-state index in [1.165, 1.54) is 38.5 Å². The summed E-state index contributed by atoms with van der Waals surface area (Å²) in [5, 5.41) is 19.3. The van der Waals surface area contributed by atoms with E-state index in [0.717, 1.165) is 17.8 Å². The third kappa shape index (κ3) is 4.45. The number of ether oxygens (including phenoxy) is 3. The van der Waals surface area contributed by atoms with E-state index in [1.807, 2.05) is 0 Å². The Labute approximate surface area is 139 Å². The largest absolute Gasteiger partial charge is 0.394 e. The van der Waals surface area contributed by atoms with E-state index in [2.05, 4.69) is 0 Å². The number of rotatable bonds is 11. The van der Waals surface area contributed by atoms with Crippen LogP contribution in [0, 0.1) is 23.2 Å². The summed E-state index contributed by atoms with van der Waals surface area (Å²) >= 11 is 0. The predicted molar refractivity (Wildman–Crippen MR) is 86.2 cm³/mol. The molecule has 4 rings (SSSR count). The molecule has 4 bridgehead atoms. The molecule has 0 spiro atoms. The zero-order valence-corrected chi connectivity index (χ0v) is 14.1. The summed E-state index contributed by atoms with van der Waals surface area (Å²) in [6, 6.07) is 0. The van der Waals surface area contributed by atoms with E-state index < -0.39 is 0 Å². The quantitative estimate of drug-likeness (QED) is 0.564. The van der Waals surface area contributed by atoms with Crippen LogP contribution in [-0.4, -0.2) is 62.6 Å². The van der Waals surface area contributed by atoms with E-state index >= 15 is 0 Å². The molecule has 0 aromatic rings. The second kappa shape index (κ2) is 8.26. The third-order valence-corrected chi connectivity index (χ3v) is 6.05. The van der Waals surface area contributed by atoms with Crippen molar-refractivity contribution < 1.29 is 24.4 Å². The van der Waals surface area contributed by atoms with Crippen LogP contribution in [0.15, 0.2) is 0 Å². The molecule has 2 N–H and O–H groups in total. The number of aliphatic hydroxyl groups excluding tert-OH is 2. The molecule has 0 aromatic carbocycles. The lowest BCUT2D eigenvalue weighted by Crippen LogP contribution is -2.52. The minimum Gasteiger partial charge on any atom is -0.394 e. The second-order valence-corrected chi connectivity index (χ2v) is 7.82. The second-order valence-electron chi connectivity index (χ2n) is 7.82.